The minimum absolute atomic E-state index is 0.0673. The average Bonchev–Trinajstić information content (AvgIpc) is 2.37. The van der Waals surface area contributed by atoms with E-state index in [2.05, 4.69) is 27.7 Å². The van der Waals surface area contributed by atoms with E-state index < -0.39 is 8.80 Å². The van der Waals surface area contributed by atoms with Crippen LogP contribution in [0, 0.1) is 0 Å². The molecule has 0 N–H and O–H groups in total. The zero-order valence-electron chi connectivity index (χ0n) is 12.5. The largest absolute Gasteiger partial charge is 0.500 e. The quantitative estimate of drug-likeness (QED) is 0.557. The number of rotatable bonds is 10. The Morgan fingerprint density at radius 2 is 1.41 bits per heavy atom. The molecule has 17 heavy (non-hydrogen) atoms. The van der Waals surface area contributed by atoms with Gasteiger partial charge in [-0.3, -0.25) is 0 Å². The van der Waals surface area contributed by atoms with E-state index in [0.717, 1.165) is 38.1 Å². The van der Waals surface area contributed by atoms with Crippen LogP contribution in [0.2, 0.25) is 6.04 Å². The molecule has 0 aromatic rings. The van der Waals surface area contributed by atoms with Crippen molar-refractivity contribution in [3.63, 3.8) is 0 Å². The summed E-state index contributed by atoms with van der Waals surface area (Å²) in [5.41, 5.74) is -0.0673. The maximum Gasteiger partial charge on any atom is 0.500 e. The second kappa shape index (κ2) is 8.24. The summed E-state index contributed by atoms with van der Waals surface area (Å²) in [6.45, 7) is 8.72. The lowest BCUT2D eigenvalue weighted by atomic mass is 9.92. The van der Waals surface area contributed by atoms with Crippen LogP contribution in [-0.2, 0) is 13.3 Å². The van der Waals surface area contributed by atoms with Crippen LogP contribution in [0.1, 0.15) is 59.8 Å². The molecule has 0 saturated heterocycles. The van der Waals surface area contributed by atoms with Crippen molar-refractivity contribution in [3.05, 3.63) is 0 Å². The van der Waals surface area contributed by atoms with Crippen molar-refractivity contribution in [2.75, 3.05) is 14.2 Å². The fraction of sp³-hybridized carbons (Fsp3) is 1.00. The smallest absolute Gasteiger partial charge is 0.377 e. The van der Waals surface area contributed by atoms with Crippen LogP contribution < -0.4 is 0 Å². The molecule has 0 aromatic carbocycles. The molecule has 0 rings (SSSR count). The third-order valence-electron chi connectivity index (χ3n) is 3.54. The van der Waals surface area contributed by atoms with Gasteiger partial charge in [0.15, 0.2) is 0 Å². The molecule has 0 radical (unpaired) electrons. The summed E-state index contributed by atoms with van der Waals surface area (Å²) in [5, 5.41) is 0. The molecule has 0 unspecified atom stereocenters. The van der Waals surface area contributed by atoms with Crippen LogP contribution in [-0.4, -0.2) is 28.6 Å². The molecule has 4 heteroatoms. The lowest BCUT2D eigenvalue weighted by molar-refractivity contribution is -0.0290. The average molecular weight is 262 g/mol. The fourth-order valence-electron chi connectivity index (χ4n) is 2.31. The molecular weight excluding hydrogens is 232 g/mol. The van der Waals surface area contributed by atoms with Crippen LogP contribution in [0.25, 0.3) is 0 Å². The third-order valence-corrected chi connectivity index (χ3v) is 6.64. The highest BCUT2D eigenvalue weighted by atomic mass is 28.4. The highest BCUT2D eigenvalue weighted by Gasteiger charge is 2.45. The first-order valence-electron chi connectivity index (χ1n) is 6.88. The summed E-state index contributed by atoms with van der Waals surface area (Å²) < 4.78 is 17.7. The Morgan fingerprint density at radius 1 is 0.882 bits per heavy atom. The maximum atomic E-state index is 6.40. The van der Waals surface area contributed by atoms with Crippen molar-refractivity contribution in [2.24, 2.45) is 0 Å². The van der Waals surface area contributed by atoms with Gasteiger partial charge in [-0.05, 0) is 19.3 Å². The topological polar surface area (TPSA) is 27.7 Å². The number of hydrogen-bond acceptors (Lipinski definition) is 3. The molecule has 0 aromatic heterocycles. The van der Waals surface area contributed by atoms with Gasteiger partial charge in [0.2, 0.25) is 0 Å². The van der Waals surface area contributed by atoms with Gasteiger partial charge in [-0.15, -0.1) is 0 Å². The molecule has 0 aliphatic heterocycles. The Balaban J connectivity index is 4.89. The van der Waals surface area contributed by atoms with Crippen molar-refractivity contribution in [1.82, 2.24) is 0 Å². The molecule has 0 saturated carbocycles. The zero-order valence-corrected chi connectivity index (χ0v) is 13.5. The predicted octanol–water partition coefficient (Wildman–Crippen LogP) is 4.00. The SMILES string of the molecule is CCCC(CC)(CC)O[Si](CCC)(OC)OC. The van der Waals surface area contributed by atoms with Gasteiger partial charge in [-0.2, -0.15) is 0 Å². The Bertz CT molecular complexity index is 169. The van der Waals surface area contributed by atoms with Gasteiger partial charge in [0.05, 0.1) is 5.60 Å². The molecule has 0 spiro atoms. The first-order chi connectivity index (χ1) is 8.07. The summed E-state index contributed by atoms with van der Waals surface area (Å²) in [4.78, 5) is 0. The molecule has 0 atom stereocenters. The highest BCUT2D eigenvalue weighted by molar-refractivity contribution is 6.60. The number of hydrogen-bond donors (Lipinski definition) is 0. The molecule has 0 fully saturated rings. The van der Waals surface area contributed by atoms with E-state index in [1.54, 1.807) is 14.2 Å². The van der Waals surface area contributed by atoms with E-state index in [1.807, 2.05) is 0 Å². The van der Waals surface area contributed by atoms with E-state index in [4.69, 9.17) is 13.3 Å². The molecule has 0 aliphatic rings. The van der Waals surface area contributed by atoms with Gasteiger partial charge >= 0.3 is 8.80 Å². The van der Waals surface area contributed by atoms with E-state index in [0.29, 0.717) is 0 Å². The fourth-order valence-corrected chi connectivity index (χ4v) is 4.82. The lowest BCUT2D eigenvalue weighted by Crippen LogP contribution is -2.51. The molecule has 0 amide bonds. The summed E-state index contributed by atoms with van der Waals surface area (Å²) in [7, 11) is 0.973. The van der Waals surface area contributed by atoms with E-state index in [9.17, 15) is 0 Å². The summed E-state index contributed by atoms with van der Waals surface area (Å²) >= 11 is 0. The van der Waals surface area contributed by atoms with Gasteiger partial charge in [-0.1, -0.05) is 40.5 Å². The van der Waals surface area contributed by atoms with Crippen LogP contribution in [0.15, 0.2) is 0 Å². The van der Waals surface area contributed by atoms with E-state index in [1.165, 1.54) is 0 Å². The third kappa shape index (κ3) is 4.70. The van der Waals surface area contributed by atoms with Gasteiger partial charge < -0.3 is 13.3 Å². The van der Waals surface area contributed by atoms with Gasteiger partial charge in [0, 0.05) is 20.3 Å². The Hall–Kier alpha value is 0.0969. The minimum Gasteiger partial charge on any atom is -0.377 e. The van der Waals surface area contributed by atoms with E-state index >= 15 is 0 Å². The molecule has 0 heterocycles. The van der Waals surface area contributed by atoms with Gasteiger partial charge in [0.1, 0.15) is 0 Å². The first-order valence-corrected chi connectivity index (χ1v) is 8.81. The van der Waals surface area contributed by atoms with Crippen molar-refractivity contribution in [2.45, 2.75) is 71.4 Å². The molecule has 3 nitrogen and oxygen atoms in total. The predicted molar refractivity (Wildman–Crippen MR) is 74.2 cm³/mol. The van der Waals surface area contributed by atoms with Crippen molar-refractivity contribution < 1.29 is 13.3 Å². The molecule has 104 valence electrons. The Kier molecular flexibility index (Phi) is 8.29. The summed E-state index contributed by atoms with van der Waals surface area (Å²) in [6.07, 6.45) is 5.27. The van der Waals surface area contributed by atoms with Crippen LogP contribution in [0.5, 0.6) is 0 Å². The van der Waals surface area contributed by atoms with Crippen molar-refractivity contribution in [1.29, 1.82) is 0 Å². The van der Waals surface area contributed by atoms with Gasteiger partial charge in [-0.25, -0.2) is 0 Å². The second-order valence-electron chi connectivity index (χ2n) is 4.58. The Labute approximate surface area is 108 Å². The van der Waals surface area contributed by atoms with Crippen LogP contribution in [0.3, 0.4) is 0 Å². The molecular formula is C13H30O3Si. The second-order valence-corrected chi connectivity index (χ2v) is 7.47. The molecule has 0 aliphatic carbocycles. The van der Waals surface area contributed by atoms with Gasteiger partial charge in [0.25, 0.3) is 0 Å². The van der Waals surface area contributed by atoms with Crippen molar-refractivity contribution in [3.8, 4) is 0 Å². The maximum absolute atomic E-state index is 6.40. The first kappa shape index (κ1) is 17.1. The monoisotopic (exact) mass is 262 g/mol. The Morgan fingerprint density at radius 3 is 1.71 bits per heavy atom. The zero-order chi connectivity index (χ0) is 13.4. The highest BCUT2D eigenvalue weighted by Crippen LogP contribution is 2.32. The van der Waals surface area contributed by atoms with E-state index in [-0.39, 0.29) is 5.60 Å². The lowest BCUT2D eigenvalue weighted by Gasteiger charge is -2.39. The van der Waals surface area contributed by atoms with Crippen LogP contribution in [0.4, 0.5) is 0 Å². The standard InChI is InChI=1S/C13H30O3Si/c1-7-11-13(9-3,10-4)16-17(14-5,15-6)12-8-2/h7-12H2,1-6H3. The van der Waals surface area contributed by atoms with Crippen LogP contribution >= 0.6 is 0 Å². The minimum atomic E-state index is -2.46. The summed E-state index contributed by atoms with van der Waals surface area (Å²) in [5.74, 6) is 0. The normalized spacial score (nSPS) is 13.1. The summed E-state index contributed by atoms with van der Waals surface area (Å²) in [6, 6.07) is 0.894. The molecule has 0 bridgehead atoms. The van der Waals surface area contributed by atoms with Crippen molar-refractivity contribution >= 4 is 8.80 Å².